The van der Waals surface area contributed by atoms with Crippen molar-refractivity contribution in [3.05, 3.63) is 23.3 Å². The Balaban J connectivity index is 3.43. The van der Waals surface area contributed by atoms with Gasteiger partial charge in [0.15, 0.2) is 0 Å². The van der Waals surface area contributed by atoms with Crippen LogP contribution in [0.15, 0.2) is 23.3 Å². The van der Waals surface area contributed by atoms with Gasteiger partial charge in [-0.2, -0.15) is 0 Å². The lowest BCUT2D eigenvalue weighted by Gasteiger charge is -2.03. The first-order chi connectivity index (χ1) is 9.70. The van der Waals surface area contributed by atoms with Crippen LogP contribution in [0.1, 0.15) is 91.4 Å². The van der Waals surface area contributed by atoms with Gasteiger partial charge in [-0.25, -0.2) is 0 Å². The second-order valence-corrected chi connectivity index (χ2v) is 6.05. The lowest BCUT2D eigenvalue weighted by molar-refractivity contribution is 0.341. The summed E-state index contributed by atoms with van der Waals surface area (Å²) >= 11 is 0. The normalized spacial score (nSPS) is 13.0. The molecule has 1 nitrogen and oxygen atoms in total. The van der Waals surface area contributed by atoms with Gasteiger partial charge in [0.25, 0.3) is 0 Å². The molecule has 0 rings (SSSR count). The topological polar surface area (TPSA) is 20.2 Å². The highest BCUT2D eigenvalue weighted by Gasteiger charge is 1.94. The average Bonchev–Trinajstić information content (AvgIpc) is 2.42. The van der Waals surface area contributed by atoms with E-state index in [0.29, 0.717) is 0 Å². The Morgan fingerprint density at radius 3 is 1.90 bits per heavy atom. The van der Waals surface area contributed by atoms with E-state index in [1.54, 1.807) is 0 Å². The minimum atomic E-state index is 0.173. The Kier molecular flexibility index (Phi) is 14.4. The van der Waals surface area contributed by atoms with Crippen LogP contribution in [0.25, 0.3) is 0 Å². The summed E-state index contributed by atoms with van der Waals surface area (Å²) in [6, 6.07) is 0. The van der Waals surface area contributed by atoms with E-state index in [9.17, 15) is 0 Å². The third-order valence-corrected chi connectivity index (χ3v) is 3.90. The molecule has 118 valence electrons. The Labute approximate surface area is 127 Å². The number of rotatable bonds is 13. The number of aliphatic hydroxyl groups is 1. The fourth-order valence-corrected chi connectivity index (χ4v) is 2.44. The van der Waals surface area contributed by atoms with Crippen LogP contribution in [-0.4, -0.2) is 11.7 Å². The molecule has 0 atom stereocenters. The van der Waals surface area contributed by atoms with Crippen molar-refractivity contribution in [3.8, 4) is 0 Å². The minimum Gasteiger partial charge on any atom is -0.392 e. The molecule has 0 unspecified atom stereocenters. The van der Waals surface area contributed by atoms with Crippen molar-refractivity contribution in [2.24, 2.45) is 0 Å². The van der Waals surface area contributed by atoms with Crippen molar-refractivity contribution in [2.75, 3.05) is 6.61 Å². The second kappa shape index (κ2) is 14.8. The maximum Gasteiger partial charge on any atom is 0.0614 e. The maximum absolute atomic E-state index is 8.79. The van der Waals surface area contributed by atoms with E-state index >= 15 is 0 Å². The van der Waals surface area contributed by atoms with E-state index in [1.807, 2.05) is 6.08 Å². The van der Waals surface area contributed by atoms with Gasteiger partial charge in [-0.05, 0) is 39.5 Å². The smallest absolute Gasteiger partial charge is 0.0614 e. The number of hydrogen-bond donors (Lipinski definition) is 1. The molecule has 0 bridgehead atoms. The summed E-state index contributed by atoms with van der Waals surface area (Å²) < 4.78 is 0. The van der Waals surface area contributed by atoms with Crippen LogP contribution in [0.5, 0.6) is 0 Å². The molecule has 0 heterocycles. The van der Waals surface area contributed by atoms with Gasteiger partial charge in [-0.3, -0.25) is 0 Å². The van der Waals surface area contributed by atoms with E-state index < -0.39 is 0 Å². The minimum absolute atomic E-state index is 0.173. The molecule has 0 spiro atoms. The van der Waals surface area contributed by atoms with Crippen molar-refractivity contribution in [2.45, 2.75) is 91.4 Å². The first-order valence-electron chi connectivity index (χ1n) is 8.62. The highest BCUT2D eigenvalue weighted by Crippen LogP contribution is 2.14. The SMILES string of the molecule is CCCCCCCCCCC(C)=CCC/C(C)=C/CO. The van der Waals surface area contributed by atoms with Gasteiger partial charge in [-0.1, -0.05) is 75.2 Å². The Morgan fingerprint density at radius 1 is 0.750 bits per heavy atom. The van der Waals surface area contributed by atoms with E-state index in [1.165, 1.54) is 68.9 Å². The summed E-state index contributed by atoms with van der Waals surface area (Å²) in [5, 5.41) is 8.79. The molecule has 0 saturated heterocycles. The third-order valence-electron chi connectivity index (χ3n) is 3.90. The van der Waals surface area contributed by atoms with Crippen LogP contribution in [0.4, 0.5) is 0 Å². The van der Waals surface area contributed by atoms with E-state index in [4.69, 9.17) is 5.11 Å². The highest BCUT2D eigenvalue weighted by molar-refractivity contribution is 5.03. The van der Waals surface area contributed by atoms with Crippen molar-refractivity contribution in [1.82, 2.24) is 0 Å². The maximum atomic E-state index is 8.79. The fraction of sp³-hybridized carbons (Fsp3) is 0.789. The quantitative estimate of drug-likeness (QED) is 0.315. The Morgan fingerprint density at radius 2 is 1.30 bits per heavy atom. The predicted molar refractivity (Wildman–Crippen MR) is 91.1 cm³/mol. The van der Waals surface area contributed by atoms with Gasteiger partial charge >= 0.3 is 0 Å². The molecule has 0 aliphatic rings. The number of allylic oxidation sites excluding steroid dienone is 3. The Bertz CT molecular complexity index is 263. The summed E-state index contributed by atoms with van der Waals surface area (Å²) in [5.41, 5.74) is 2.83. The van der Waals surface area contributed by atoms with Gasteiger partial charge in [0, 0.05) is 0 Å². The lowest BCUT2D eigenvalue weighted by atomic mass is 10.0. The molecule has 0 aromatic rings. The van der Waals surface area contributed by atoms with Gasteiger partial charge in [-0.15, -0.1) is 0 Å². The monoisotopic (exact) mass is 280 g/mol. The van der Waals surface area contributed by atoms with Crippen molar-refractivity contribution < 1.29 is 5.11 Å². The largest absolute Gasteiger partial charge is 0.392 e. The third kappa shape index (κ3) is 13.9. The molecule has 0 amide bonds. The molecule has 20 heavy (non-hydrogen) atoms. The molecule has 0 radical (unpaired) electrons. The van der Waals surface area contributed by atoms with Crippen molar-refractivity contribution in [1.29, 1.82) is 0 Å². The zero-order valence-electron chi connectivity index (χ0n) is 14.1. The van der Waals surface area contributed by atoms with Gasteiger partial charge in [0.05, 0.1) is 6.61 Å². The van der Waals surface area contributed by atoms with E-state index in [0.717, 1.165) is 12.8 Å². The van der Waals surface area contributed by atoms with Crippen molar-refractivity contribution in [3.63, 3.8) is 0 Å². The zero-order valence-corrected chi connectivity index (χ0v) is 14.1. The fourth-order valence-electron chi connectivity index (χ4n) is 2.44. The predicted octanol–water partition coefficient (Wildman–Crippen LogP) is 6.18. The molecule has 0 aliphatic heterocycles. The van der Waals surface area contributed by atoms with Gasteiger partial charge in [0.1, 0.15) is 0 Å². The van der Waals surface area contributed by atoms with Crippen LogP contribution >= 0.6 is 0 Å². The lowest BCUT2D eigenvalue weighted by Crippen LogP contribution is -1.84. The molecular formula is C19H36O. The molecule has 1 N–H and O–H groups in total. The highest BCUT2D eigenvalue weighted by atomic mass is 16.2. The summed E-state index contributed by atoms with van der Waals surface area (Å²) in [6.45, 7) is 6.80. The summed E-state index contributed by atoms with van der Waals surface area (Å²) in [7, 11) is 0. The molecular weight excluding hydrogens is 244 g/mol. The molecule has 0 aliphatic carbocycles. The van der Waals surface area contributed by atoms with Crippen LogP contribution in [0, 0.1) is 0 Å². The Hall–Kier alpha value is -0.560. The summed E-state index contributed by atoms with van der Waals surface area (Å²) in [5.74, 6) is 0. The van der Waals surface area contributed by atoms with E-state index in [-0.39, 0.29) is 6.61 Å². The van der Waals surface area contributed by atoms with Gasteiger partial charge in [0.2, 0.25) is 0 Å². The summed E-state index contributed by atoms with van der Waals surface area (Å²) in [4.78, 5) is 0. The zero-order chi connectivity index (χ0) is 15.1. The standard InChI is InChI=1S/C19H36O/c1-4-5-6-7-8-9-10-11-13-18(2)14-12-15-19(3)16-17-20/h14,16,20H,4-13,15,17H2,1-3H3/b18-14?,19-16+. The molecule has 1 heteroatoms. The van der Waals surface area contributed by atoms with Crippen LogP contribution in [0.2, 0.25) is 0 Å². The molecule has 0 saturated carbocycles. The van der Waals surface area contributed by atoms with E-state index in [2.05, 4.69) is 26.8 Å². The first-order valence-corrected chi connectivity index (χ1v) is 8.62. The number of hydrogen-bond acceptors (Lipinski definition) is 1. The number of unbranched alkanes of at least 4 members (excludes halogenated alkanes) is 7. The number of aliphatic hydroxyl groups excluding tert-OH is 1. The van der Waals surface area contributed by atoms with Gasteiger partial charge < -0.3 is 5.11 Å². The molecule has 0 aromatic carbocycles. The van der Waals surface area contributed by atoms with Crippen LogP contribution < -0.4 is 0 Å². The first kappa shape index (κ1) is 19.4. The molecule has 0 fully saturated rings. The van der Waals surface area contributed by atoms with Crippen LogP contribution in [0.3, 0.4) is 0 Å². The second-order valence-electron chi connectivity index (χ2n) is 6.05. The summed E-state index contributed by atoms with van der Waals surface area (Å²) in [6.07, 6.45) is 18.9. The molecule has 0 aromatic heterocycles. The van der Waals surface area contributed by atoms with Crippen molar-refractivity contribution >= 4 is 0 Å². The average molecular weight is 280 g/mol. The van der Waals surface area contributed by atoms with Crippen LogP contribution in [-0.2, 0) is 0 Å².